The molecule has 2 aromatic rings. The fourth-order valence-electron chi connectivity index (χ4n) is 3.68. The van der Waals surface area contributed by atoms with E-state index in [2.05, 4.69) is 14.8 Å². The maximum atomic E-state index is 12.8. The van der Waals surface area contributed by atoms with E-state index in [0.717, 1.165) is 30.2 Å². The van der Waals surface area contributed by atoms with Crippen molar-refractivity contribution < 1.29 is 13.2 Å². The predicted octanol–water partition coefficient (Wildman–Crippen LogP) is 1.93. The number of aromatic nitrogens is 2. The molecule has 1 aromatic heterocycles. The third-order valence-electron chi connectivity index (χ3n) is 5.34. The van der Waals surface area contributed by atoms with E-state index in [9.17, 15) is 8.42 Å². The summed E-state index contributed by atoms with van der Waals surface area (Å²) in [6, 6.07) is 8.92. The Labute approximate surface area is 182 Å². The molecule has 2 aliphatic heterocycles. The number of nitrogens with zero attached hydrogens (tertiary/aromatic N) is 5. The molecular formula is C20H26ClN5O3S. The molecule has 1 aromatic carbocycles. The van der Waals surface area contributed by atoms with Crippen LogP contribution in [0.3, 0.4) is 0 Å². The van der Waals surface area contributed by atoms with Crippen LogP contribution in [0.4, 0.5) is 11.8 Å². The van der Waals surface area contributed by atoms with Crippen LogP contribution >= 0.6 is 11.6 Å². The number of halogens is 1. The molecule has 2 saturated heterocycles. The van der Waals surface area contributed by atoms with E-state index in [4.69, 9.17) is 21.3 Å². The van der Waals surface area contributed by atoms with Gasteiger partial charge in [-0.25, -0.2) is 13.4 Å². The first kappa shape index (κ1) is 21.3. The number of rotatable bonds is 5. The van der Waals surface area contributed by atoms with Gasteiger partial charge in [0, 0.05) is 56.1 Å². The van der Waals surface area contributed by atoms with Crippen LogP contribution in [0.5, 0.6) is 0 Å². The molecule has 3 heterocycles. The van der Waals surface area contributed by atoms with Crippen LogP contribution in [0.25, 0.3) is 0 Å². The lowest BCUT2D eigenvalue weighted by molar-refractivity contribution is 0.122. The molecule has 2 aliphatic rings. The van der Waals surface area contributed by atoms with Gasteiger partial charge in [0.2, 0.25) is 16.0 Å². The number of ether oxygens (including phenoxy) is 1. The highest BCUT2D eigenvalue weighted by molar-refractivity contribution is 7.88. The van der Waals surface area contributed by atoms with Crippen LogP contribution in [-0.4, -0.2) is 75.2 Å². The Morgan fingerprint density at radius 2 is 1.63 bits per heavy atom. The molecule has 10 heteroatoms. The highest BCUT2D eigenvalue weighted by Gasteiger charge is 2.28. The van der Waals surface area contributed by atoms with E-state index >= 15 is 0 Å². The minimum absolute atomic E-state index is 0.0215. The molecule has 162 valence electrons. The van der Waals surface area contributed by atoms with E-state index in [1.54, 1.807) is 28.6 Å². The zero-order chi connectivity index (χ0) is 21.1. The topological polar surface area (TPSA) is 78.9 Å². The van der Waals surface area contributed by atoms with Crippen LogP contribution in [0.15, 0.2) is 30.3 Å². The van der Waals surface area contributed by atoms with Crippen molar-refractivity contribution in [1.82, 2.24) is 14.3 Å². The molecular weight excluding hydrogens is 426 g/mol. The molecule has 0 spiro atoms. The van der Waals surface area contributed by atoms with Gasteiger partial charge in [-0.1, -0.05) is 23.7 Å². The number of morpholine rings is 1. The van der Waals surface area contributed by atoms with Gasteiger partial charge in [-0.3, -0.25) is 0 Å². The average molecular weight is 452 g/mol. The maximum Gasteiger partial charge on any atom is 0.227 e. The standard InChI is InChI=1S/C20H26ClN5O3S/c1-16-14-19(24-10-12-29-13-11-24)23-20(22-16)25-6-8-26(9-7-25)30(27,28)15-17-2-4-18(21)5-3-17/h2-5,14H,6-13,15H2,1H3. The molecule has 0 atom stereocenters. The SMILES string of the molecule is Cc1cc(N2CCOCC2)nc(N2CCN(S(=O)(=O)Cc3ccc(Cl)cc3)CC2)n1. The maximum absolute atomic E-state index is 12.8. The first-order valence-electron chi connectivity index (χ1n) is 10.1. The first-order chi connectivity index (χ1) is 14.4. The van der Waals surface area contributed by atoms with Gasteiger partial charge < -0.3 is 14.5 Å². The molecule has 0 saturated carbocycles. The first-order valence-corrected chi connectivity index (χ1v) is 12.0. The zero-order valence-corrected chi connectivity index (χ0v) is 18.6. The van der Waals surface area contributed by atoms with Gasteiger partial charge in [0.25, 0.3) is 0 Å². The summed E-state index contributed by atoms with van der Waals surface area (Å²) in [5, 5.41) is 0.597. The molecule has 0 N–H and O–H groups in total. The number of anilines is 2. The lowest BCUT2D eigenvalue weighted by atomic mass is 10.2. The second kappa shape index (κ2) is 9.05. The Hall–Kier alpha value is -1.94. The largest absolute Gasteiger partial charge is 0.378 e. The van der Waals surface area contributed by atoms with Gasteiger partial charge in [0.1, 0.15) is 5.82 Å². The molecule has 0 unspecified atom stereocenters. The second-order valence-corrected chi connectivity index (χ2v) is 9.94. The molecule has 8 nitrogen and oxygen atoms in total. The predicted molar refractivity (Wildman–Crippen MR) is 118 cm³/mol. The second-order valence-electron chi connectivity index (χ2n) is 7.54. The van der Waals surface area contributed by atoms with E-state index in [-0.39, 0.29) is 5.75 Å². The normalized spacial score (nSPS) is 18.6. The van der Waals surface area contributed by atoms with Crippen molar-refractivity contribution in [2.24, 2.45) is 0 Å². The summed E-state index contributed by atoms with van der Waals surface area (Å²) in [5.74, 6) is 1.54. The summed E-state index contributed by atoms with van der Waals surface area (Å²) < 4.78 is 32.6. The molecule has 0 radical (unpaired) electrons. The quantitative estimate of drug-likeness (QED) is 0.687. The van der Waals surface area contributed by atoms with Gasteiger partial charge in [-0.05, 0) is 24.6 Å². The van der Waals surface area contributed by atoms with Crippen LogP contribution in [0, 0.1) is 6.92 Å². The fourth-order valence-corrected chi connectivity index (χ4v) is 5.32. The molecule has 0 bridgehead atoms. The number of piperazine rings is 1. The number of sulfonamides is 1. The monoisotopic (exact) mass is 451 g/mol. The third kappa shape index (κ3) is 5.03. The minimum atomic E-state index is -3.39. The summed E-state index contributed by atoms with van der Waals surface area (Å²) in [6.07, 6.45) is 0. The van der Waals surface area contributed by atoms with Crippen LogP contribution < -0.4 is 9.80 Å². The molecule has 2 fully saturated rings. The number of aryl methyl sites for hydroxylation is 1. The molecule has 4 rings (SSSR count). The van der Waals surface area contributed by atoms with Crippen molar-refractivity contribution in [2.45, 2.75) is 12.7 Å². The number of hydrogen-bond donors (Lipinski definition) is 0. The fraction of sp³-hybridized carbons (Fsp3) is 0.500. The number of hydrogen-bond acceptors (Lipinski definition) is 7. The summed E-state index contributed by atoms with van der Waals surface area (Å²) in [7, 11) is -3.39. The summed E-state index contributed by atoms with van der Waals surface area (Å²) >= 11 is 5.89. The Morgan fingerprint density at radius 3 is 2.30 bits per heavy atom. The Bertz CT molecular complexity index is 972. The molecule has 0 aliphatic carbocycles. The Morgan fingerprint density at radius 1 is 0.967 bits per heavy atom. The highest BCUT2D eigenvalue weighted by Crippen LogP contribution is 2.21. The van der Waals surface area contributed by atoms with E-state index in [1.807, 2.05) is 13.0 Å². The van der Waals surface area contributed by atoms with Crippen LogP contribution in [-0.2, 0) is 20.5 Å². The highest BCUT2D eigenvalue weighted by atomic mass is 35.5. The molecule has 0 amide bonds. The smallest absolute Gasteiger partial charge is 0.227 e. The van der Waals surface area contributed by atoms with Crippen molar-refractivity contribution >= 4 is 33.4 Å². The summed E-state index contributed by atoms with van der Waals surface area (Å²) in [4.78, 5) is 13.6. The van der Waals surface area contributed by atoms with Crippen LogP contribution in [0.2, 0.25) is 5.02 Å². The van der Waals surface area contributed by atoms with Gasteiger partial charge in [-0.2, -0.15) is 9.29 Å². The summed E-state index contributed by atoms with van der Waals surface area (Å²) in [5.41, 5.74) is 1.64. The van der Waals surface area contributed by atoms with Crippen molar-refractivity contribution in [1.29, 1.82) is 0 Å². The van der Waals surface area contributed by atoms with Crippen molar-refractivity contribution in [3.63, 3.8) is 0 Å². The Kier molecular flexibility index (Phi) is 6.43. The van der Waals surface area contributed by atoms with Gasteiger partial charge in [-0.15, -0.1) is 0 Å². The third-order valence-corrected chi connectivity index (χ3v) is 7.44. The van der Waals surface area contributed by atoms with Gasteiger partial charge in [0.15, 0.2) is 0 Å². The summed E-state index contributed by atoms with van der Waals surface area (Å²) in [6.45, 7) is 6.93. The lowest BCUT2D eigenvalue weighted by Crippen LogP contribution is -2.49. The van der Waals surface area contributed by atoms with Crippen molar-refractivity contribution in [3.8, 4) is 0 Å². The van der Waals surface area contributed by atoms with E-state index < -0.39 is 10.0 Å². The Balaban J connectivity index is 1.41. The van der Waals surface area contributed by atoms with Crippen molar-refractivity contribution in [2.75, 3.05) is 62.3 Å². The average Bonchev–Trinajstić information content (AvgIpc) is 2.75. The molecule has 30 heavy (non-hydrogen) atoms. The van der Waals surface area contributed by atoms with Crippen LogP contribution in [0.1, 0.15) is 11.3 Å². The van der Waals surface area contributed by atoms with E-state index in [0.29, 0.717) is 50.4 Å². The van der Waals surface area contributed by atoms with Gasteiger partial charge >= 0.3 is 0 Å². The van der Waals surface area contributed by atoms with E-state index in [1.165, 1.54) is 0 Å². The minimum Gasteiger partial charge on any atom is -0.378 e. The number of benzene rings is 1. The lowest BCUT2D eigenvalue weighted by Gasteiger charge is -2.35. The zero-order valence-electron chi connectivity index (χ0n) is 17.0. The van der Waals surface area contributed by atoms with Gasteiger partial charge in [0.05, 0.1) is 19.0 Å². The van der Waals surface area contributed by atoms with Crippen molar-refractivity contribution in [3.05, 3.63) is 46.6 Å².